The highest BCUT2D eigenvalue weighted by molar-refractivity contribution is 5.46. The summed E-state index contributed by atoms with van der Waals surface area (Å²) in [5, 5.41) is 13.1. The van der Waals surface area contributed by atoms with Crippen LogP contribution in [-0.2, 0) is 0 Å². The van der Waals surface area contributed by atoms with Crippen molar-refractivity contribution < 1.29 is 19.3 Å². The largest absolute Gasteiger partial charge is 0.497 e. The summed E-state index contributed by atoms with van der Waals surface area (Å²) in [5.41, 5.74) is 0.928. The Labute approximate surface area is 136 Å². The monoisotopic (exact) mass is 317 g/mol. The Kier molecular flexibility index (Phi) is 6.56. The van der Waals surface area contributed by atoms with Gasteiger partial charge < -0.3 is 24.6 Å². The van der Waals surface area contributed by atoms with E-state index in [4.69, 9.17) is 14.2 Å². The van der Waals surface area contributed by atoms with Gasteiger partial charge in [0.2, 0.25) is 0 Å². The van der Waals surface area contributed by atoms with E-state index in [-0.39, 0.29) is 6.61 Å². The smallest absolute Gasteiger partial charge is 0.119 e. The number of rotatable bonds is 9. The Morgan fingerprint density at radius 3 is 2.09 bits per heavy atom. The maximum absolute atomic E-state index is 9.97. The number of benzene rings is 2. The van der Waals surface area contributed by atoms with Gasteiger partial charge in [-0.2, -0.15) is 0 Å². The van der Waals surface area contributed by atoms with Gasteiger partial charge in [0.1, 0.15) is 30.0 Å². The van der Waals surface area contributed by atoms with Crippen LogP contribution in [0.15, 0.2) is 48.5 Å². The molecule has 0 bridgehead atoms. The number of aliphatic hydroxyl groups is 1. The summed E-state index contributed by atoms with van der Waals surface area (Å²) in [6.07, 6.45) is -0.608. The first-order chi connectivity index (χ1) is 11.2. The van der Waals surface area contributed by atoms with Gasteiger partial charge in [-0.05, 0) is 55.5 Å². The van der Waals surface area contributed by atoms with Crippen molar-refractivity contribution in [3.63, 3.8) is 0 Å². The minimum Gasteiger partial charge on any atom is -0.497 e. The predicted molar refractivity (Wildman–Crippen MR) is 90.6 cm³/mol. The third kappa shape index (κ3) is 5.71. The Morgan fingerprint density at radius 1 is 0.913 bits per heavy atom. The number of methoxy groups -OCH3 is 1. The second-order valence-corrected chi connectivity index (χ2v) is 4.98. The van der Waals surface area contributed by atoms with Crippen LogP contribution in [0.3, 0.4) is 0 Å². The third-order valence-corrected chi connectivity index (χ3v) is 3.21. The van der Waals surface area contributed by atoms with Crippen molar-refractivity contribution in [2.45, 2.75) is 13.0 Å². The van der Waals surface area contributed by atoms with Crippen molar-refractivity contribution in [3.05, 3.63) is 48.5 Å². The van der Waals surface area contributed by atoms with E-state index in [1.165, 1.54) is 0 Å². The summed E-state index contributed by atoms with van der Waals surface area (Å²) in [6, 6.07) is 14.9. The fraction of sp³-hybridized carbons (Fsp3) is 0.333. The molecule has 0 radical (unpaired) electrons. The van der Waals surface area contributed by atoms with Crippen molar-refractivity contribution in [2.75, 3.05) is 32.2 Å². The fourth-order valence-electron chi connectivity index (χ4n) is 1.99. The molecule has 0 aromatic heterocycles. The maximum Gasteiger partial charge on any atom is 0.119 e. The lowest BCUT2D eigenvalue weighted by Crippen LogP contribution is -2.26. The van der Waals surface area contributed by atoms with Crippen molar-refractivity contribution in [2.24, 2.45) is 0 Å². The van der Waals surface area contributed by atoms with Gasteiger partial charge in [0, 0.05) is 12.2 Å². The number of anilines is 1. The molecule has 5 heteroatoms. The van der Waals surface area contributed by atoms with Crippen LogP contribution >= 0.6 is 0 Å². The highest BCUT2D eigenvalue weighted by Gasteiger charge is 2.06. The van der Waals surface area contributed by atoms with Crippen LogP contribution in [0.25, 0.3) is 0 Å². The topological polar surface area (TPSA) is 60.0 Å². The number of nitrogens with one attached hydrogen (secondary N) is 1. The van der Waals surface area contributed by atoms with E-state index in [9.17, 15) is 5.11 Å². The third-order valence-electron chi connectivity index (χ3n) is 3.21. The molecule has 124 valence electrons. The van der Waals surface area contributed by atoms with Crippen molar-refractivity contribution in [3.8, 4) is 17.2 Å². The number of aliphatic hydroxyl groups excluding tert-OH is 1. The number of ether oxygens (including phenoxy) is 3. The molecule has 0 amide bonds. The molecule has 0 saturated carbocycles. The zero-order valence-electron chi connectivity index (χ0n) is 13.5. The van der Waals surface area contributed by atoms with Gasteiger partial charge in [-0.1, -0.05) is 0 Å². The lowest BCUT2D eigenvalue weighted by Gasteiger charge is -2.14. The molecule has 0 aliphatic carbocycles. The normalized spacial score (nSPS) is 11.6. The van der Waals surface area contributed by atoms with Crippen LogP contribution in [0.5, 0.6) is 17.2 Å². The van der Waals surface area contributed by atoms with E-state index < -0.39 is 6.10 Å². The summed E-state index contributed by atoms with van der Waals surface area (Å²) in [5.74, 6) is 2.31. The van der Waals surface area contributed by atoms with Crippen LogP contribution in [0, 0.1) is 0 Å². The molecule has 0 aliphatic rings. The molecule has 1 atom stereocenters. The summed E-state index contributed by atoms with van der Waals surface area (Å²) in [6.45, 7) is 3.22. The van der Waals surface area contributed by atoms with Gasteiger partial charge in [0.15, 0.2) is 0 Å². The molecular formula is C18H23NO4. The fourth-order valence-corrected chi connectivity index (χ4v) is 1.99. The van der Waals surface area contributed by atoms with E-state index in [1.807, 2.05) is 55.5 Å². The Balaban J connectivity index is 1.72. The van der Waals surface area contributed by atoms with Crippen molar-refractivity contribution in [1.82, 2.24) is 0 Å². The van der Waals surface area contributed by atoms with Crippen LogP contribution in [-0.4, -0.2) is 38.1 Å². The average Bonchev–Trinajstić information content (AvgIpc) is 2.60. The van der Waals surface area contributed by atoms with Crippen molar-refractivity contribution in [1.29, 1.82) is 0 Å². The lowest BCUT2D eigenvalue weighted by atomic mass is 10.3. The SMILES string of the molecule is CCOc1ccc(NCC(O)COc2ccc(OC)cc2)cc1. The predicted octanol–water partition coefficient (Wildman–Crippen LogP) is 2.95. The molecule has 2 aromatic rings. The van der Waals surface area contributed by atoms with Gasteiger partial charge in [0.05, 0.1) is 13.7 Å². The van der Waals surface area contributed by atoms with Gasteiger partial charge in [-0.3, -0.25) is 0 Å². The lowest BCUT2D eigenvalue weighted by molar-refractivity contribution is 0.117. The van der Waals surface area contributed by atoms with Crippen molar-refractivity contribution >= 4 is 5.69 Å². The molecule has 2 aromatic carbocycles. The second-order valence-electron chi connectivity index (χ2n) is 4.98. The summed E-state index contributed by atoms with van der Waals surface area (Å²) < 4.78 is 16.0. The highest BCUT2D eigenvalue weighted by Crippen LogP contribution is 2.18. The summed E-state index contributed by atoms with van der Waals surface area (Å²) >= 11 is 0. The second kappa shape index (κ2) is 8.90. The van der Waals surface area contributed by atoms with E-state index in [0.717, 1.165) is 17.2 Å². The molecule has 23 heavy (non-hydrogen) atoms. The molecule has 1 unspecified atom stereocenters. The molecule has 0 aliphatic heterocycles. The molecule has 5 nitrogen and oxygen atoms in total. The molecule has 2 N–H and O–H groups in total. The molecule has 0 saturated heterocycles. The minimum atomic E-state index is -0.608. The summed E-state index contributed by atoms with van der Waals surface area (Å²) in [7, 11) is 1.62. The van der Waals surface area contributed by atoms with E-state index in [1.54, 1.807) is 7.11 Å². The number of hydrogen-bond donors (Lipinski definition) is 2. The molecule has 2 rings (SSSR count). The minimum absolute atomic E-state index is 0.219. The van der Waals surface area contributed by atoms with Gasteiger partial charge in [-0.15, -0.1) is 0 Å². The van der Waals surface area contributed by atoms with Crippen LogP contribution < -0.4 is 19.5 Å². The van der Waals surface area contributed by atoms with Gasteiger partial charge in [0.25, 0.3) is 0 Å². The van der Waals surface area contributed by atoms with Crippen LogP contribution in [0.4, 0.5) is 5.69 Å². The van der Waals surface area contributed by atoms with E-state index in [0.29, 0.717) is 18.9 Å². The van der Waals surface area contributed by atoms with E-state index >= 15 is 0 Å². The standard InChI is InChI=1S/C18H23NO4/c1-3-22-17-6-4-14(5-7-17)19-12-15(20)13-23-18-10-8-16(21-2)9-11-18/h4-11,15,19-20H,3,12-13H2,1-2H3. The Bertz CT molecular complexity index is 569. The quantitative estimate of drug-likeness (QED) is 0.744. The first-order valence-corrected chi connectivity index (χ1v) is 7.63. The van der Waals surface area contributed by atoms with Crippen LogP contribution in [0.2, 0.25) is 0 Å². The molecule has 0 fully saturated rings. The Hall–Kier alpha value is -2.40. The highest BCUT2D eigenvalue weighted by atomic mass is 16.5. The first kappa shape index (κ1) is 17.0. The molecule has 0 spiro atoms. The zero-order chi connectivity index (χ0) is 16.5. The first-order valence-electron chi connectivity index (χ1n) is 7.63. The zero-order valence-corrected chi connectivity index (χ0v) is 13.5. The summed E-state index contributed by atoms with van der Waals surface area (Å²) in [4.78, 5) is 0. The Morgan fingerprint density at radius 2 is 1.48 bits per heavy atom. The number of hydrogen-bond acceptors (Lipinski definition) is 5. The average molecular weight is 317 g/mol. The molecule has 0 heterocycles. The van der Waals surface area contributed by atoms with Gasteiger partial charge in [-0.25, -0.2) is 0 Å². The van der Waals surface area contributed by atoms with Gasteiger partial charge >= 0.3 is 0 Å². The van der Waals surface area contributed by atoms with Crippen LogP contribution in [0.1, 0.15) is 6.92 Å². The maximum atomic E-state index is 9.97. The van der Waals surface area contributed by atoms with E-state index in [2.05, 4.69) is 5.32 Å². The molecular weight excluding hydrogens is 294 g/mol.